The van der Waals surface area contributed by atoms with Crippen molar-refractivity contribution in [2.24, 2.45) is 0 Å². The van der Waals surface area contributed by atoms with Crippen LogP contribution in [-0.2, 0) is 4.57 Å². The van der Waals surface area contributed by atoms with Crippen LogP contribution in [0.25, 0.3) is 0 Å². The maximum Gasteiger partial charge on any atom is 0.403 e. The second-order valence-electron chi connectivity index (χ2n) is 3.68. The normalized spacial score (nSPS) is 16.1. The Balaban J connectivity index is 2.83. The van der Waals surface area contributed by atoms with Crippen LogP contribution in [-0.4, -0.2) is 32.7 Å². The average Bonchev–Trinajstić information content (AvgIpc) is 2.26. The molecule has 0 amide bonds. The molecule has 2 unspecified atom stereocenters. The van der Waals surface area contributed by atoms with Gasteiger partial charge in [0.25, 0.3) is 0 Å². The van der Waals surface area contributed by atoms with Crippen LogP contribution in [0.5, 0.6) is 0 Å². The first-order chi connectivity index (χ1) is 7.34. The minimum atomic E-state index is -4.31. The van der Waals surface area contributed by atoms with Crippen LogP contribution in [0, 0.1) is 0 Å². The first kappa shape index (κ1) is 13.4. The van der Waals surface area contributed by atoms with E-state index in [0.717, 1.165) is 4.67 Å². The standard InChI is InChI=1S/C10H16NO4P/c1-8(11(2)16(13,14)15)10(12)9-6-4-3-5-7-9/h3-8,10,12H,1-2H3,(H2,13,14,15). The Bertz CT molecular complexity index is 378. The molecule has 0 saturated heterocycles. The topological polar surface area (TPSA) is 81.0 Å². The summed E-state index contributed by atoms with van der Waals surface area (Å²) in [6, 6.07) is 8.12. The largest absolute Gasteiger partial charge is 0.403 e. The van der Waals surface area contributed by atoms with Gasteiger partial charge in [0.1, 0.15) is 0 Å². The third kappa shape index (κ3) is 3.14. The van der Waals surface area contributed by atoms with Crippen molar-refractivity contribution in [2.75, 3.05) is 7.05 Å². The number of nitrogens with zero attached hydrogens (tertiary/aromatic N) is 1. The third-order valence-electron chi connectivity index (χ3n) is 2.60. The summed E-state index contributed by atoms with van der Waals surface area (Å²) in [5.74, 6) is 0. The van der Waals surface area contributed by atoms with Gasteiger partial charge >= 0.3 is 7.75 Å². The van der Waals surface area contributed by atoms with Gasteiger partial charge in [0.15, 0.2) is 0 Å². The maximum absolute atomic E-state index is 11.0. The molecule has 0 radical (unpaired) electrons. The molecule has 0 aromatic heterocycles. The minimum absolute atomic E-state index is 0.635. The van der Waals surface area contributed by atoms with Crippen molar-refractivity contribution in [3.63, 3.8) is 0 Å². The molecule has 0 heterocycles. The number of benzene rings is 1. The highest BCUT2D eigenvalue weighted by Crippen LogP contribution is 2.42. The van der Waals surface area contributed by atoms with Gasteiger partial charge in [-0.15, -0.1) is 0 Å². The van der Waals surface area contributed by atoms with E-state index in [1.807, 2.05) is 6.07 Å². The lowest BCUT2D eigenvalue weighted by Crippen LogP contribution is -2.31. The highest BCUT2D eigenvalue weighted by Gasteiger charge is 2.30. The summed E-state index contributed by atoms with van der Waals surface area (Å²) in [6.45, 7) is 1.57. The highest BCUT2D eigenvalue weighted by atomic mass is 31.2. The molecule has 0 aliphatic heterocycles. The smallest absolute Gasteiger partial charge is 0.387 e. The van der Waals surface area contributed by atoms with Gasteiger partial charge in [-0.25, -0.2) is 9.24 Å². The van der Waals surface area contributed by atoms with Crippen molar-refractivity contribution in [2.45, 2.75) is 19.1 Å². The Hall–Kier alpha value is -0.710. The summed E-state index contributed by atoms with van der Waals surface area (Å²) in [5.41, 5.74) is 0.635. The van der Waals surface area contributed by atoms with Crippen molar-refractivity contribution in [1.82, 2.24) is 4.67 Å². The van der Waals surface area contributed by atoms with Gasteiger partial charge in [0.2, 0.25) is 0 Å². The molecule has 0 aliphatic rings. The molecule has 3 N–H and O–H groups in total. The zero-order chi connectivity index (χ0) is 12.3. The predicted octanol–water partition coefficient (Wildman–Crippen LogP) is 1.13. The Morgan fingerprint density at radius 3 is 2.19 bits per heavy atom. The number of aliphatic hydroxyl groups excluding tert-OH is 1. The van der Waals surface area contributed by atoms with Crippen molar-refractivity contribution in [3.8, 4) is 0 Å². The Morgan fingerprint density at radius 2 is 1.75 bits per heavy atom. The average molecular weight is 245 g/mol. The van der Waals surface area contributed by atoms with Crippen LogP contribution in [0.15, 0.2) is 30.3 Å². The SMILES string of the molecule is CC(C(O)c1ccccc1)N(C)P(=O)(O)O. The van der Waals surface area contributed by atoms with E-state index in [9.17, 15) is 9.67 Å². The van der Waals surface area contributed by atoms with Crippen molar-refractivity contribution in [1.29, 1.82) is 0 Å². The fraction of sp³-hybridized carbons (Fsp3) is 0.400. The lowest BCUT2D eigenvalue weighted by atomic mass is 10.0. The monoisotopic (exact) mass is 245 g/mol. The van der Waals surface area contributed by atoms with Gasteiger partial charge in [-0.1, -0.05) is 30.3 Å². The van der Waals surface area contributed by atoms with E-state index in [4.69, 9.17) is 9.79 Å². The van der Waals surface area contributed by atoms with Crippen LogP contribution in [0.4, 0.5) is 0 Å². The van der Waals surface area contributed by atoms with Crippen molar-refractivity contribution in [3.05, 3.63) is 35.9 Å². The number of aliphatic hydroxyl groups is 1. The molecular weight excluding hydrogens is 229 g/mol. The quantitative estimate of drug-likeness (QED) is 0.693. The number of likely N-dealkylation sites (N-methyl/N-ethyl adjacent to an activating group) is 1. The minimum Gasteiger partial charge on any atom is -0.387 e. The van der Waals surface area contributed by atoms with E-state index in [1.165, 1.54) is 7.05 Å². The van der Waals surface area contributed by atoms with Crippen LogP contribution in [0.3, 0.4) is 0 Å². The predicted molar refractivity (Wildman–Crippen MR) is 60.7 cm³/mol. The second kappa shape index (κ2) is 5.08. The number of hydrogen-bond acceptors (Lipinski definition) is 2. The van der Waals surface area contributed by atoms with Crippen LogP contribution in [0.1, 0.15) is 18.6 Å². The lowest BCUT2D eigenvalue weighted by molar-refractivity contribution is 0.0946. The summed E-state index contributed by atoms with van der Waals surface area (Å²) in [5, 5.41) is 9.94. The molecule has 90 valence electrons. The van der Waals surface area contributed by atoms with Gasteiger partial charge in [-0.05, 0) is 19.5 Å². The van der Waals surface area contributed by atoms with Crippen LogP contribution in [0.2, 0.25) is 0 Å². The van der Waals surface area contributed by atoms with Gasteiger partial charge in [0, 0.05) is 6.04 Å². The van der Waals surface area contributed by atoms with Gasteiger partial charge in [-0.2, -0.15) is 0 Å². The molecule has 16 heavy (non-hydrogen) atoms. The zero-order valence-electron chi connectivity index (χ0n) is 9.19. The first-order valence-corrected chi connectivity index (χ1v) is 6.42. The molecule has 1 aromatic carbocycles. The molecular formula is C10H16NO4P. The molecule has 0 bridgehead atoms. The van der Waals surface area contributed by atoms with Crippen LogP contribution >= 0.6 is 7.75 Å². The van der Waals surface area contributed by atoms with E-state index in [-0.39, 0.29) is 0 Å². The summed E-state index contributed by atoms with van der Waals surface area (Å²) < 4.78 is 11.9. The fourth-order valence-electron chi connectivity index (χ4n) is 1.37. The van der Waals surface area contributed by atoms with Gasteiger partial charge < -0.3 is 14.9 Å². The number of rotatable bonds is 4. The molecule has 1 aromatic rings. The summed E-state index contributed by atoms with van der Waals surface area (Å²) >= 11 is 0. The Kier molecular flexibility index (Phi) is 4.24. The van der Waals surface area contributed by atoms with Crippen molar-refractivity contribution < 1.29 is 19.5 Å². The Morgan fingerprint density at radius 1 is 1.25 bits per heavy atom. The van der Waals surface area contributed by atoms with Crippen LogP contribution < -0.4 is 0 Å². The Labute approximate surface area is 94.6 Å². The molecule has 6 heteroatoms. The van der Waals surface area contributed by atoms with Crippen molar-refractivity contribution >= 4 is 7.75 Å². The summed E-state index contributed by atoms with van der Waals surface area (Å²) in [4.78, 5) is 18.0. The molecule has 5 nitrogen and oxygen atoms in total. The van der Waals surface area contributed by atoms with E-state index in [0.29, 0.717) is 5.56 Å². The van der Waals surface area contributed by atoms with E-state index in [2.05, 4.69) is 0 Å². The molecule has 0 spiro atoms. The third-order valence-corrected chi connectivity index (χ3v) is 3.78. The molecule has 1 rings (SSSR count). The molecule has 0 aliphatic carbocycles. The first-order valence-electron chi connectivity index (χ1n) is 4.86. The second-order valence-corrected chi connectivity index (χ2v) is 5.34. The summed E-state index contributed by atoms with van der Waals surface area (Å²) in [7, 11) is -3.02. The fourth-order valence-corrected chi connectivity index (χ4v) is 1.97. The van der Waals surface area contributed by atoms with E-state index >= 15 is 0 Å². The number of hydrogen-bond donors (Lipinski definition) is 3. The molecule has 0 fully saturated rings. The molecule has 0 saturated carbocycles. The maximum atomic E-state index is 11.0. The highest BCUT2D eigenvalue weighted by molar-refractivity contribution is 7.49. The van der Waals surface area contributed by atoms with E-state index < -0.39 is 19.9 Å². The van der Waals surface area contributed by atoms with E-state index in [1.54, 1.807) is 31.2 Å². The lowest BCUT2D eigenvalue weighted by Gasteiger charge is -2.29. The van der Waals surface area contributed by atoms with Gasteiger partial charge in [-0.3, -0.25) is 0 Å². The summed E-state index contributed by atoms with van der Waals surface area (Å²) in [6.07, 6.45) is -0.932. The zero-order valence-corrected chi connectivity index (χ0v) is 10.1. The molecule has 2 atom stereocenters. The van der Waals surface area contributed by atoms with Gasteiger partial charge in [0.05, 0.1) is 6.10 Å².